The molecule has 0 aliphatic rings. The standard InChI is InChI=1S/C13H13FN2/c1-9-8-16-5-4-11(9)12-6-10(7-15)2-3-13(12)14/h2-6,8H,7,15H2,1H3. The predicted molar refractivity (Wildman–Crippen MR) is 62.3 cm³/mol. The van der Waals surface area contributed by atoms with Crippen LogP contribution in [0.5, 0.6) is 0 Å². The van der Waals surface area contributed by atoms with Crippen molar-refractivity contribution in [3.63, 3.8) is 0 Å². The summed E-state index contributed by atoms with van der Waals surface area (Å²) in [4.78, 5) is 4.00. The van der Waals surface area contributed by atoms with Crippen molar-refractivity contribution in [2.75, 3.05) is 0 Å². The second kappa shape index (κ2) is 4.41. The SMILES string of the molecule is Cc1cnccc1-c1cc(CN)ccc1F. The minimum Gasteiger partial charge on any atom is -0.326 e. The predicted octanol–water partition coefficient (Wildman–Crippen LogP) is 2.65. The van der Waals surface area contributed by atoms with Crippen LogP contribution in [-0.4, -0.2) is 4.98 Å². The molecule has 2 nitrogen and oxygen atoms in total. The summed E-state index contributed by atoms with van der Waals surface area (Å²) in [5, 5.41) is 0. The van der Waals surface area contributed by atoms with Crippen LogP contribution in [0.4, 0.5) is 4.39 Å². The van der Waals surface area contributed by atoms with Gasteiger partial charge in [0.15, 0.2) is 0 Å². The zero-order valence-electron chi connectivity index (χ0n) is 9.07. The summed E-state index contributed by atoms with van der Waals surface area (Å²) >= 11 is 0. The van der Waals surface area contributed by atoms with Gasteiger partial charge in [0.1, 0.15) is 5.82 Å². The van der Waals surface area contributed by atoms with E-state index in [0.29, 0.717) is 12.1 Å². The highest BCUT2D eigenvalue weighted by Gasteiger charge is 2.08. The molecule has 0 aliphatic heterocycles. The van der Waals surface area contributed by atoms with Gasteiger partial charge in [-0.3, -0.25) is 4.98 Å². The van der Waals surface area contributed by atoms with Crippen LogP contribution in [0, 0.1) is 12.7 Å². The van der Waals surface area contributed by atoms with Crippen LogP contribution in [0.3, 0.4) is 0 Å². The van der Waals surface area contributed by atoms with E-state index in [4.69, 9.17) is 5.73 Å². The van der Waals surface area contributed by atoms with E-state index in [1.807, 2.05) is 13.0 Å². The molecule has 0 saturated heterocycles. The molecular formula is C13H13FN2. The molecule has 0 saturated carbocycles. The van der Waals surface area contributed by atoms with Gasteiger partial charge in [-0.2, -0.15) is 0 Å². The van der Waals surface area contributed by atoms with Gasteiger partial charge in [0.05, 0.1) is 0 Å². The second-order valence-electron chi connectivity index (χ2n) is 3.71. The minimum absolute atomic E-state index is 0.230. The summed E-state index contributed by atoms with van der Waals surface area (Å²) < 4.78 is 13.7. The van der Waals surface area contributed by atoms with Gasteiger partial charge < -0.3 is 5.73 Å². The summed E-state index contributed by atoms with van der Waals surface area (Å²) in [5.41, 5.74) is 8.88. The molecule has 1 aromatic carbocycles. The quantitative estimate of drug-likeness (QED) is 0.838. The average Bonchev–Trinajstić information content (AvgIpc) is 2.31. The first kappa shape index (κ1) is 10.8. The van der Waals surface area contributed by atoms with E-state index in [0.717, 1.165) is 16.7 Å². The molecule has 0 spiro atoms. The molecule has 3 heteroatoms. The maximum Gasteiger partial charge on any atom is 0.131 e. The largest absolute Gasteiger partial charge is 0.326 e. The van der Waals surface area contributed by atoms with Gasteiger partial charge in [-0.05, 0) is 41.8 Å². The maximum absolute atomic E-state index is 13.7. The Morgan fingerprint density at radius 2 is 2.06 bits per heavy atom. The number of hydrogen-bond donors (Lipinski definition) is 1. The van der Waals surface area contributed by atoms with Gasteiger partial charge in [-0.15, -0.1) is 0 Å². The van der Waals surface area contributed by atoms with Gasteiger partial charge in [-0.1, -0.05) is 6.07 Å². The molecule has 0 atom stereocenters. The molecule has 0 bridgehead atoms. The Morgan fingerprint density at radius 3 is 2.75 bits per heavy atom. The molecule has 0 amide bonds. The van der Waals surface area contributed by atoms with Crippen molar-refractivity contribution < 1.29 is 4.39 Å². The Labute approximate surface area is 93.9 Å². The second-order valence-corrected chi connectivity index (χ2v) is 3.71. The number of benzene rings is 1. The first-order valence-electron chi connectivity index (χ1n) is 5.12. The molecule has 1 aromatic heterocycles. The summed E-state index contributed by atoms with van der Waals surface area (Å²) in [6.45, 7) is 2.33. The zero-order chi connectivity index (χ0) is 11.5. The van der Waals surface area contributed by atoms with E-state index in [-0.39, 0.29) is 5.82 Å². The average molecular weight is 216 g/mol. The maximum atomic E-state index is 13.7. The lowest BCUT2D eigenvalue weighted by molar-refractivity contribution is 0.630. The number of nitrogens with two attached hydrogens (primary N) is 1. The summed E-state index contributed by atoms with van der Waals surface area (Å²) in [5.74, 6) is -0.230. The lowest BCUT2D eigenvalue weighted by atomic mass is 10.00. The molecule has 2 aromatic rings. The number of nitrogens with zero attached hydrogens (tertiary/aromatic N) is 1. The van der Waals surface area contributed by atoms with Crippen molar-refractivity contribution in [2.24, 2.45) is 5.73 Å². The van der Waals surface area contributed by atoms with Gasteiger partial charge in [0.25, 0.3) is 0 Å². The Balaban J connectivity index is 2.59. The van der Waals surface area contributed by atoms with Crippen molar-refractivity contribution in [3.05, 3.63) is 53.6 Å². The fourth-order valence-corrected chi connectivity index (χ4v) is 1.68. The van der Waals surface area contributed by atoms with Gasteiger partial charge in [0, 0.05) is 24.5 Å². The third-order valence-corrected chi connectivity index (χ3v) is 2.58. The highest BCUT2D eigenvalue weighted by Crippen LogP contribution is 2.26. The van der Waals surface area contributed by atoms with Crippen LogP contribution in [-0.2, 0) is 6.54 Å². The van der Waals surface area contributed by atoms with Crippen LogP contribution in [0.2, 0.25) is 0 Å². The third kappa shape index (κ3) is 1.95. The van der Waals surface area contributed by atoms with Crippen LogP contribution in [0.1, 0.15) is 11.1 Å². The number of aromatic nitrogens is 1. The van der Waals surface area contributed by atoms with Crippen molar-refractivity contribution >= 4 is 0 Å². The Bertz CT molecular complexity index is 509. The number of hydrogen-bond acceptors (Lipinski definition) is 2. The number of rotatable bonds is 2. The Hall–Kier alpha value is -1.74. The Kier molecular flexibility index (Phi) is 2.97. The zero-order valence-corrected chi connectivity index (χ0v) is 9.07. The van der Waals surface area contributed by atoms with Crippen LogP contribution in [0.15, 0.2) is 36.7 Å². The van der Waals surface area contributed by atoms with E-state index >= 15 is 0 Å². The monoisotopic (exact) mass is 216 g/mol. The lowest BCUT2D eigenvalue weighted by Crippen LogP contribution is -1.98. The fraction of sp³-hybridized carbons (Fsp3) is 0.154. The number of aryl methyl sites for hydroxylation is 1. The van der Waals surface area contributed by atoms with E-state index in [1.165, 1.54) is 6.07 Å². The van der Waals surface area contributed by atoms with Gasteiger partial charge in [0.2, 0.25) is 0 Å². The molecule has 0 fully saturated rings. The first-order chi connectivity index (χ1) is 7.72. The molecular weight excluding hydrogens is 203 g/mol. The van der Waals surface area contributed by atoms with Gasteiger partial charge >= 0.3 is 0 Å². The molecule has 16 heavy (non-hydrogen) atoms. The molecule has 0 radical (unpaired) electrons. The van der Waals surface area contributed by atoms with E-state index in [1.54, 1.807) is 24.5 Å². The van der Waals surface area contributed by atoms with Crippen LogP contribution >= 0.6 is 0 Å². The lowest BCUT2D eigenvalue weighted by Gasteiger charge is -2.08. The fourth-order valence-electron chi connectivity index (χ4n) is 1.68. The smallest absolute Gasteiger partial charge is 0.131 e. The summed E-state index contributed by atoms with van der Waals surface area (Å²) in [7, 11) is 0. The van der Waals surface area contributed by atoms with E-state index in [9.17, 15) is 4.39 Å². The van der Waals surface area contributed by atoms with Crippen LogP contribution in [0.25, 0.3) is 11.1 Å². The highest BCUT2D eigenvalue weighted by atomic mass is 19.1. The molecule has 2 rings (SSSR count). The van der Waals surface area contributed by atoms with Crippen molar-refractivity contribution in [1.82, 2.24) is 4.98 Å². The Morgan fingerprint density at radius 1 is 1.25 bits per heavy atom. The van der Waals surface area contributed by atoms with Crippen molar-refractivity contribution in [3.8, 4) is 11.1 Å². The molecule has 1 heterocycles. The topological polar surface area (TPSA) is 38.9 Å². The van der Waals surface area contributed by atoms with Crippen LogP contribution < -0.4 is 5.73 Å². The molecule has 0 aliphatic carbocycles. The highest BCUT2D eigenvalue weighted by molar-refractivity contribution is 5.67. The van der Waals surface area contributed by atoms with Crippen molar-refractivity contribution in [1.29, 1.82) is 0 Å². The number of pyridine rings is 1. The summed E-state index contributed by atoms with van der Waals surface area (Å²) in [6.07, 6.45) is 3.39. The van der Waals surface area contributed by atoms with E-state index in [2.05, 4.69) is 4.98 Å². The minimum atomic E-state index is -0.230. The van der Waals surface area contributed by atoms with Crippen molar-refractivity contribution in [2.45, 2.75) is 13.5 Å². The first-order valence-corrected chi connectivity index (χ1v) is 5.12. The van der Waals surface area contributed by atoms with E-state index < -0.39 is 0 Å². The number of halogens is 1. The normalized spacial score (nSPS) is 10.4. The third-order valence-electron chi connectivity index (χ3n) is 2.58. The molecule has 2 N–H and O–H groups in total. The molecule has 82 valence electrons. The summed E-state index contributed by atoms with van der Waals surface area (Å²) in [6, 6.07) is 6.76. The molecule has 0 unspecified atom stereocenters. The van der Waals surface area contributed by atoms with Gasteiger partial charge in [-0.25, -0.2) is 4.39 Å².